The summed E-state index contributed by atoms with van der Waals surface area (Å²) in [5.41, 5.74) is 1.27. The molecule has 0 nitrogen and oxygen atoms in total. The third-order valence-electron chi connectivity index (χ3n) is 0.848. The smallest absolute Gasteiger partial charge is 0.00297 e. The van der Waals surface area contributed by atoms with Gasteiger partial charge in [0.1, 0.15) is 0 Å². The van der Waals surface area contributed by atoms with Crippen LogP contribution in [-0.2, 0) is 0 Å². The maximum absolute atomic E-state index is 4.60. The minimum Gasteiger partial charge on any atom is -0.120 e. The molecule has 0 unspecified atom stereocenters. The fraction of sp³-hybridized carbons (Fsp3) is 0.400. The molecule has 0 fully saturated rings. The highest BCUT2D eigenvalue weighted by Crippen LogP contribution is 1.92. The fourth-order valence-electron chi connectivity index (χ4n) is 0.405. The van der Waals surface area contributed by atoms with E-state index in [0.29, 0.717) is 0 Å². The lowest BCUT2D eigenvalue weighted by Gasteiger charge is -1.83. The molecule has 0 aromatic carbocycles. The van der Waals surface area contributed by atoms with Gasteiger partial charge >= 0.3 is 0 Å². The summed E-state index contributed by atoms with van der Waals surface area (Å²) < 4.78 is 0. The van der Waals surface area contributed by atoms with Crippen molar-refractivity contribution in [2.45, 2.75) is 27.2 Å². The van der Waals surface area contributed by atoms with Crippen molar-refractivity contribution in [3.63, 3.8) is 0 Å². The van der Waals surface area contributed by atoms with Crippen LogP contribution in [0.15, 0.2) is 24.3 Å². The summed E-state index contributed by atoms with van der Waals surface area (Å²) in [6.45, 7) is 9.43. The zero-order valence-corrected chi connectivity index (χ0v) is 7.15. The molecule has 56 valence electrons. The van der Waals surface area contributed by atoms with Crippen LogP contribution in [0.2, 0.25) is 0 Å². The van der Waals surface area contributed by atoms with Crippen molar-refractivity contribution in [2.24, 2.45) is 0 Å². The lowest BCUT2D eigenvalue weighted by Crippen LogP contribution is -1.62. The molecule has 0 bridgehead atoms. The first-order chi connectivity index (χ1) is 4.72. The summed E-state index contributed by atoms with van der Waals surface area (Å²) in [6, 6.07) is 0. The second kappa shape index (κ2) is 10.9. The maximum Gasteiger partial charge on any atom is -0.00297 e. The van der Waals surface area contributed by atoms with Gasteiger partial charge in [0.2, 0.25) is 0 Å². The molecule has 0 radical (unpaired) electrons. The largest absolute Gasteiger partial charge is 0.120 e. The molecule has 0 aliphatic rings. The van der Waals surface area contributed by atoms with Gasteiger partial charge in [-0.1, -0.05) is 31.2 Å². The highest BCUT2D eigenvalue weighted by Gasteiger charge is 1.71. The van der Waals surface area contributed by atoms with Gasteiger partial charge in [0.15, 0.2) is 0 Å². The molecule has 0 saturated heterocycles. The van der Waals surface area contributed by atoms with Crippen molar-refractivity contribution in [3.8, 4) is 12.3 Å². The van der Waals surface area contributed by atoms with E-state index in [1.165, 1.54) is 5.57 Å². The second-order valence-electron chi connectivity index (χ2n) is 1.85. The van der Waals surface area contributed by atoms with E-state index in [0.717, 1.165) is 6.42 Å². The van der Waals surface area contributed by atoms with Gasteiger partial charge in [-0.05, 0) is 20.3 Å². The topological polar surface area (TPSA) is 0 Å². The van der Waals surface area contributed by atoms with E-state index < -0.39 is 0 Å². The Bertz CT molecular complexity index is 133. The minimum atomic E-state index is 1.11. The van der Waals surface area contributed by atoms with Crippen molar-refractivity contribution in [1.82, 2.24) is 0 Å². The van der Waals surface area contributed by atoms with Crippen LogP contribution in [0.5, 0.6) is 0 Å². The molecular formula is C10H16. The van der Waals surface area contributed by atoms with Crippen molar-refractivity contribution < 1.29 is 0 Å². The molecule has 0 N–H and O–H groups in total. The summed E-state index contributed by atoms with van der Waals surface area (Å²) >= 11 is 0. The van der Waals surface area contributed by atoms with Crippen molar-refractivity contribution in [2.75, 3.05) is 0 Å². The van der Waals surface area contributed by atoms with Crippen LogP contribution in [0.25, 0.3) is 0 Å². The first-order valence-electron chi connectivity index (χ1n) is 3.39. The Morgan fingerprint density at radius 3 is 2.20 bits per heavy atom. The van der Waals surface area contributed by atoms with Gasteiger partial charge in [-0.3, -0.25) is 0 Å². The van der Waals surface area contributed by atoms with Crippen molar-refractivity contribution in [3.05, 3.63) is 24.3 Å². The molecule has 0 aromatic rings. The summed E-state index contributed by atoms with van der Waals surface area (Å²) in [5.74, 6) is 2.25. The monoisotopic (exact) mass is 136 g/mol. The van der Waals surface area contributed by atoms with E-state index in [1.54, 1.807) is 6.92 Å². The third kappa shape index (κ3) is 15.7. The van der Waals surface area contributed by atoms with Gasteiger partial charge in [-0.25, -0.2) is 0 Å². The maximum atomic E-state index is 4.60. The zero-order chi connectivity index (χ0) is 8.41. The molecule has 0 aliphatic heterocycles. The summed E-state index contributed by atoms with van der Waals surface area (Å²) in [6.07, 6.45) is 9.72. The standard InChI is InChI=1S/C7H12.C3H4/c1-4-6-7(3)5-2;1-3-2/h5-6H,2,4H2,1,3H3;1H,2H3/b7-6-;. The normalized spacial score (nSPS) is 8.80. The number of terminal acetylenes is 1. The minimum absolute atomic E-state index is 1.11. The Kier molecular flexibility index (Phi) is 12.9. The van der Waals surface area contributed by atoms with E-state index in [1.807, 2.05) is 6.08 Å². The molecule has 0 saturated carbocycles. The molecule has 0 atom stereocenters. The van der Waals surface area contributed by atoms with Gasteiger partial charge in [0.05, 0.1) is 0 Å². The Balaban J connectivity index is 0. The van der Waals surface area contributed by atoms with Gasteiger partial charge in [-0.15, -0.1) is 12.3 Å². The van der Waals surface area contributed by atoms with E-state index in [9.17, 15) is 0 Å². The number of allylic oxidation sites excluding steroid dienone is 3. The van der Waals surface area contributed by atoms with Crippen LogP contribution < -0.4 is 0 Å². The Morgan fingerprint density at radius 1 is 1.70 bits per heavy atom. The Hall–Kier alpha value is -0.960. The van der Waals surface area contributed by atoms with E-state index in [-0.39, 0.29) is 0 Å². The Labute approximate surface area is 64.6 Å². The van der Waals surface area contributed by atoms with Gasteiger partial charge < -0.3 is 0 Å². The van der Waals surface area contributed by atoms with Crippen LogP contribution in [0.3, 0.4) is 0 Å². The highest BCUT2D eigenvalue weighted by molar-refractivity contribution is 5.11. The zero-order valence-electron chi connectivity index (χ0n) is 7.15. The molecule has 0 heteroatoms. The van der Waals surface area contributed by atoms with E-state index >= 15 is 0 Å². The average Bonchev–Trinajstić information content (AvgIpc) is 1.90. The molecule has 0 aromatic heterocycles. The second-order valence-corrected chi connectivity index (χ2v) is 1.85. The predicted molar refractivity (Wildman–Crippen MR) is 48.8 cm³/mol. The molecule has 0 aliphatic carbocycles. The average molecular weight is 136 g/mol. The predicted octanol–water partition coefficient (Wildman–Crippen LogP) is 3.17. The van der Waals surface area contributed by atoms with Crippen LogP contribution in [0.4, 0.5) is 0 Å². The number of hydrogen-bond donors (Lipinski definition) is 0. The van der Waals surface area contributed by atoms with Gasteiger partial charge in [0, 0.05) is 0 Å². The molecule has 0 amide bonds. The van der Waals surface area contributed by atoms with Gasteiger partial charge in [-0.2, -0.15) is 0 Å². The number of hydrogen-bond acceptors (Lipinski definition) is 0. The highest BCUT2D eigenvalue weighted by atomic mass is 13.8. The van der Waals surface area contributed by atoms with Crippen LogP contribution in [0.1, 0.15) is 27.2 Å². The summed E-state index contributed by atoms with van der Waals surface area (Å²) in [5, 5.41) is 0. The van der Waals surface area contributed by atoms with E-state index in [4.69, 9.17) is 0 Å². The number of rotatable bonds is 2. The van der Waals surface area contributed by atoms with Crippen LogP contribution >= 0.6 is 0 Å². The summed E-state index contributed by atoms with van der Waals surface area (Å²) in [4.78, 5) is 0. The van der Waals surface area contributed by atoms with E-state index in [2.05, 4.69) is 38.8 Å². The molecule has 10 heavy (non-hydrogen) atoms. The SMILES string of the molecule is C#CC.C=C/C(C)=C\CC. The van der Waals surface area contributed by atoms with Gasteiger partial charge in [0.25, 0.3) is 0 Å². The van der Waals surface area contributed by atoms with Crippen LogP contribution in [0, 0.1) is 12.3 Å². The van der Waals surface area contributed by atoms with Crippen LogP contribution in [-0.4, -0.2) is 0 Å². The summed E-state index contributed by atoms with van der Waals surface area (Å²) in [7, 11) is 0. The fourth-order valence-corrected chi connectivity index (χ4v) is 0.405. The third-order valence-corrected chi connectivity index (χ3v) is 0.848. The quantitative estimate of drug-likeness (QED) is 0.404. The Morgan fingerprint density at radius 2 is 2.10 bits per heavy atom. The molecule has 0 heterocycles. The van der Waals surface area contributed by atoms with Crippen molar-refractivity contribution >= 4 is 0 Å². The molecular weight excluding hydrogens is 120 g/mol. The lowest BCUT2D eigenvalue weighted by atomic mass is 10.2. The van der Waals surface area contributed by atoms with Crippen molar-refractivity contribution in [1.29, 1.82) is 0 Å². The lowest BCUT2D eigenvalue weighted by molar-refractivity contribution is 1.20. The first-order valence-corrected chi connectivity index (χ1v) is 3.39. The molecule has 0 spiro atoms. The first kappa shape index (κ1) is 11.8. The molecule has 0 rings (SSSR count).